The Morgan fingerprint density at radius 2 is 1.59 bits per heavy atom. The number of nitrogens with one attached hydrogen (secondary N) is 2. The molecule has 0 unspecified atom stereocenters. The molecule has 1 aromatic heterocycles. The third kappa shape index (κ3) is 7.36. The molecule has 0 saturated carbocycles. The highest BCUT2D eigenvalue weighted by atomic mass is 32.2. The van der Waals surface area contributed by atoms with Gasteiger partial charge in [0.1, 0.15) is 0 Å². The minimum Gasteiger partial charge on any atom is -0.346 e. The predicted molar refractivity (Wildman–Crippen MR) is 150 cm³/mol. The van der Waals surface area contributed by atoms with Crippen LogP contribution in [0.25, 0.3) is 22.6 Å². The molecular formula is C27H31N4O4S2+. The van der Waals surface area contributed by atoms with Crippen molar-refractivity contribution in [2.45, 2.75) is 6.54 Å². The van der Waals surface area contributed by atoms with Gasteiger partial charge in [-0.05, 0) is 29.3 Å². The monoisotopic (exact) mass is 539 g/mol. The van der Waals surface area contributed by atoms with Gasteiger partial charge in [0.05, 0.1) is 24.4 Å². The molecule has 0 saturated heterocycles. The van der Waals surface area contributed by atoms with Crippen LogP contribution in [0.3, 0.4) is 0 Å². The molecule has 0 aliphatic carbocycles. The highest BCUT2D eigenvalue weighted by molar-refractivity contribution is 7.89. The molecule has 0 fully saturated rings. The smallest absolute Gasteiger partial charge is 0.213 e. The number of anilines is 1. The van der Waals surface area contributed by atoms with Crippen LogP contribution in [0.1, 0.15) is 11.1 Å². The van der Waals surface area contributed by atoms with Crippen molar-refractivity contribution < 1.29 is 21.4 Å². The van der Waals surface area contributed by atoms with Crippen molar-refractivity contribution in [3.63, 3.8) is 0 Å². The number of allylic oxidation sites excluding steroid dienone is 4. The van der Waals surface area contributed by atoms with Gasteiger partial charge in [0, 0.05) is 42.7 Å². The first-order valence-electron chi connectivity index (χ1n) is 11.8. The van der Waals surface area contributed by atoms with Gasteiger partial charge in [-0.15, -0.1) is 0 Å². The average molecular weight is 540 g/mol. The van der Waals surface area contributed by atoms with Crippen molar-refractivity contribution in [1.29, 1.82) is 0 Å². The first-order chi connectivity index (χ1) is 17.6. The minimum atomic E-state index is -3.23. The third-order valence-electron chi connectivity index (χ3n) is 5.90. The fourth-order valence-electron chi connectivity index (χ4n) is 4.26. The number of pyridine rings is 1. The van der Waals surface area contributed by atoms with E-state index >= 15 is 0 Å². The van der Waals surface area contributed by atoms with Gasteiger partial charge >= 0.3 is 0 Å². The molecule has 4 rings (SSSR count). The van der Waals surface area contributed by atoms with Crippen molar-refractivity contribution in [2.24, 2.45) is 0 Å². The SMILES string of the molecule is CS(=O)(=O)NCCN1C=CC(=CC=Cc2cc[n+](CCNS(C)(=O)=O)c3ccccc23)c2ccccc21. The second-order valence-corrected chi connectivity index (χ2v) is 12.5. The highest BCUT2D eigenvalue weighted by Crippen LogP contribution is 2.32. The Hall–Kier alpha value is -3.31. The van der Waals surface area contributed by atoms with Gasteiger partial charge in [-0.2, -0.15) is 4.57 Å². The van der Waals surface area contributed by atoms with Crippen LogP contribution in [0.4, 0.5) is 5.69 Å². The predicted octanol–water partition coefficient (Wildman–Crippen LogP) is 2.66. The molecule has 1 aliphatic heterocycles. The van der Waals surface area contributed by atoms with Crippen molar-refractivity contribution in [3.8, 4) is 0 Å². The van der Waals surface area contributed by atoms with Crippen LogP contribution < -0.4 is 18.9 Å². The zero-order valence-electron chi connectivity index (χ0n) is 20.8. The van der Waals surface area contributed by atoms with Crippen LogP contribution in [-0.2, 0) is 26.6 Å². The number of para-hydroxylation sites is 2. The summed E-state index contributed by atoms with van der Waals surface area (Å²) in [6, 6.07) is 18.1. The molecule has 0 radical (unpaired) electrons. The molecule has 2 aromatic carbocycles. The molecule has 10 heteroatoms. The van der Waals surface area contributed by atoms with Crippen molar-refractivity contribution in [3.05, 3.63) is 96.3 Å². The lowest BCUT2D eigenvalue weighted by molar-refractivity contribution is -0.669. The molecule has 0 spiro atoms. The molecule has 1 aliphatic rings. The summed E-state index contributed by atoms with van der Waals surface area (Å²) < 4.78 is 52.7. The highest BCUT2D eigenvalue weighted by Gasteiger charge is 2.16. The average Bonchev–Trinajstić information content (AvgIpc) is 2.84. The normalized spacial score (nSPS) is 15.1. The fraction of sp³-hybridized carbons (Fsp3) is 0.222. The van der Waals surface area contributed by atoms with Crippen LogP contribution >= 0.6 is 0 Å². The van der Waals surface area contributed by atoms with Gasteiger partial charge in [-0.3, -0.25) is 0 Å². The second kappa shape index (κ2) is 11.4. The lowest BCUT2D eigenvalue weighted by Gasteiger charge is -2.27. The van der Waals surface area contributed by atoms with Crippen molar-refractivity contribution in [2.75, 3.05) is 37.0 Å². The number of benzene rings is 2. The largest absolute Gasteiger partial charge is 0.346 e. The van der Waals surface area contributed by atoms with E-state index in [9.17, 15) is 16.8 Å². The zero-order chi connectivity index (χ0) is 26.5. The molecule has 8 nitrogen and oxygen atoms in total. The van der Waals surface area contributed by atoms with Crippen LogP contribution in [-0.4, -0.2) is 49.0 Å². The Kier molecular flexibility index (Phi) is 8.23. The summed E-state index contributed by atoms with van der Waals surface area (Å²) in [5, 5.41) is 1.07. The third-order valence-corrected chi connectivity index (χ3v) is 7.36. The number of nitrogens with zero attached hydrogens (tertiary/aromatic N) is 2. The maximum absolute atomic E-state index is 11.4. The number of rotatable bonds is 10. The number of hydrogen-bond acceptors (Lipinski definition) is 5. The standard InChI is InChI=1S/C27H31N4O4S2/c1-36(32,33)28-16-20-30-18-14-22(24-10-3-5-12-26(24)30)8-7-9-23-15-19-31(21-17-29-37(2,34)35)27-13-6-4-11-25(23)27/h3-15,18-19,28-29H,16-17,20-21H2,1-2H3/q+1. The van der Waals surface area contributed by atoms with Crippen LogP contribution in [0.2, 0.25) is 0 Å². The quantitative estimate of drug-likeness (QED) is 0.386. The molecule has 194 valence electrons. The molecule has 0 atom stereocenters. The lowest BCUT2D eigenvalue weighted by Crippen LogP contribution is -2.40. The van der Waals surface area contributed by atoms with E-state index in [2.05, 4.69) is 33.7 Å². The first kappa shape index (κ1) is 26.7. The van der Waals surface area contributed by atoms with E-state index < -0.39 is 20.0 Å². The molecule has 3 aromatic rings. The molecular weight excluding hydrogens is 508 g/mol. The second-order valence-electron chi connectivity index (χ2n) is 8.82. The van der Waals surface area contributed by atoms with Crippen molar-refractivity contribution in [1.82, 2.24) is 9.44 Å². The fourth-order valence-corrected chi connectivity index (χ4v) is 5.18. The Morgan fingerprint density at radius 1 is 0.892 bits per heavy atom. The zero-order valence-corrected chi connectivity index (χ0v) is 22.5. The summed E-state index contributed by atoms with van der Waals surface area (Å²) in [5.41, 5.74) is 5.23. The van der Waals surface area contributed by atoms with E-state index in [4.69, 9.17) is 0 Å². The topological polar surface area (TPSA) is 99.5 Å². The maximum atomic E-state index is 11.4. The number of hydrogen-bond donors (Lipinski definition) is 2. The summed E-state index contributed by atoms with van der Waals surface area (Å²) in [6.45, 7) is 1.70. The lowest BCUT2D eigenvalue weighted by atomic mass is 9.99. The Balaban J connectivity index is 1.54. The van der Waals surface area contributed by atoms with E-state index in [1.807, 2.05) is 76.5 Å². The van der Waals surface area contributed by atoms with Crippen LogP contribution in [0.5, 0.6) is 0 Å². The summed E-state index contributed by atoms with van der Waals surface area (Å²) in [7, 11) is -6.46. The number of aromatic nitrogens is 1. The number of sulfonamides is 2. The molecule has 2 N–H and O–H groups in total. The van der Waals surface area contributed by atoms with Gasteiger partial charge in [0.25, 0.3) is 0 Å². The van der Waals surface area contributed by atoms with Crippen LogP contribution in [0.15, 0.2) is 85.2 Å². The molecule has 2 heterocycles. The van der Waals surface area contributed by atoms with E-state index in [1.54, 1.807) is 0 Å². The van der Waals surface area contributed by atoms with Crippen molar-refractivity contribution >= 4 is 48.3 Å². The summed E-state index contributed by atoms with van der Waals surface area (Å²) in [6.07, 6.45) is 14.4. The molecule has 37 heavy (non-hydrogen) atoms. The van der Waals surface area contributed by atoms with E-state index in [-0.39, 0.29) is 0 Å². The first-order valence-corrected chi connectivity index (χ1v) is 15.6. The number of fused-ring (bicyclic) bond motifs is 2. The Labute approximate surface area is 218 Å². The van der Waals surface area contributed by atoms with Gasteiger partial charge < -0.3 is 4.90 Å². The van der Waals surface area contributed by atoms with E-state index in [0.717, 1.165) is 45.8 Å². The van der Waals surface area contributed by atoms with E-state index in [1.165, 1.54) is 0 Å². The molecule has 0 bridgehead atoms. The van der Waals surface area contributed by atoms with E-state index in [0.29, 0.717) is 26.2 Å². The maximum Gasteiger partial charge on any atom is 0.213 e. The van der Waals surface area contributed by atoms with Crippen LogP contribution in [0, 0.1) is 0 Å². The van der Waals surface area contributed by atoms with Gasteiger partial charge in [0.2, 0.25) is 25.6 Å². The summed E-state index contributed by atoms with van der Waals surface area (Å²) in [4.78, 5) is 2.04. The summed E-state index contributed by atoms with van der Waals surface area (Å²) in [5.74, 6) is 0. The Bertz CT molecular complexity index is 1590. The van der Waals surface area contributed by atoms with Gasteiger partial charge in [0.15, 0.2) is 12.7 Å². The van der Waals surface area contributed by atoms with Gasteiger partial charge in [-0.25, -0.2) is 26.3 Å². The Morgan fingerprint density at radius 3 is 2.38 bits per heavy atom. The minimum absolute atomic E-state index is 0.321. The summed E-state index contributed by atoms with van der Waals surface area (Å²) >= 11 is 0. The van der Waals surface area contributed by atoms with Gasteiger partial charge in [-0.1, -0.05) is 48.6 Å². The molecule has 0 amide bonds.